The van der Waals surface area contributed by atoms with Crippen molar-refractivity contribution < 1.29 is 13.2 Å². The minimum absolute atomic E-state index is 0.117. The van der Waals surface area contributed by atoms with E-state index in [-0.39, 0.29) is 10.8 Å². The van der Waals surface area contributed by atoms with Gasteiger partial charge in [0.15, 0.2) is 0 Å². The van der Waals surface area contributed by atoms with Gasteiger partial charge in [-0.05, 0) is 49.7 Å². The Hall–Kier alpha value is -2.09. The van der Waals surface area contributed by atoms with Gasteiger partial charge in [0, 0.05) is 30.5 Å². The second-order valence-electron chi connectivity index (χ2n) is 6.08. The Morgan fingerprint density at radius 2 is 1.81 bits per heavy atom. The van der Waals surface area contributed by atoms with Crippen LogP contribution in [0, 0.1) is 6.92 Å². The normalized spacial score (nSPS) is 12.7. The van der Waals surface area contributed by atoms with Gasteiger partial charge in [-0.1, -0.05) is 23.7 Å². The first-order valence-electron chi connectivity index (χ1n) is 7.98. The SMILES string of the molecule is Cc1c(Cl)cccc1NC(C)C(=O)Nc1cccc(S(=O)(=O)N(C)C)c1. The molecule has 2 rings (SSSR count). The first-order valence-corrected chi connectivity index (χ1v) is 9.80. The number of halogens is 1. The molecule has 140 valence electrons. The fourth-order valence-corrected chi connectivity index (χ4v) is 3.38. The molecule has 6 nitrogen and oxygen atoms in total. The monoisotopic (exact) mass is 395 g/mol. The van der Waals surface area contributed by atoms with E-state index < -0.39 is 16.1 Å². The highest BCUT2D eigenvalue weighted by Gasteiger charge is 2.19. The lowest BCUT2D eigenvalue weighted by atomic mass is 10.1. The molecule has 0 radical (unpaired) electrons. The highest BCUT2D eigenvalue weighted by Crippen LogP contribution is 2.24. The van der Waals surface area contributed by atoms with Gasteiger partial charge in [-0.2, -0.15) is 0 Å². The van der Waals surface area contributed by atoms with Crippen LogP contribution in [0.2, 0.25) is 5.02 Å². The van der Waals surface area contributed by atoms with E-state index in [0.717, 1.165) is 15.6 Å². The summed E-state index contributed by atoms with van der Waals surface area (Å²) in [5.74, 6) is -0.288. The van der Waals surface area contributed by atoms with E-state index in [1.54, 1.807) is 31.2 Å². The Kier molecular flexibility index (Phi) is 6.28. The van der Waals surface area contributed by atoms with Crippen LogP contribution in [0.5, 0.6) is 0 Å². The zero-order valence-corrected chi connectivity index (χ0v) is 16.6. The molecule has 0 saturated carbocycles. The van der Waals surface area contributed by atoms with Gasteiger partial charge in [0.05, 0.1) is 4.90 Å². The van der Waals surface area contributed by atoms with Gasteiger partial charge in [-0.25, -0.2) is 12.7 Å². The van der Waals surface area contributed by atoms with E-state index >= 15 is 0 Å². The average molecular weight is 396 g/mol. The van der Waals surface area contributed by atoms with Crippen molar-refractivity contribution in [3.05, 3.63) is 53.1 Å². The lowest BCUT2D eigenvalue weighted by Crippen LogP contribution is -2.32. The second-order valence-corrected chi connectivity index (χ2v) is 8.64. The molecule has 0 spiro atoms. The van der Waals surface area contributed by atoms with Gasteiger partial charge in [0.2, 0.25) is 15.9 Å². The molecule has 0 aliphatic carbocycles. The van der Waals surface area contributed by atoms with Crippen LogP contribution in [0.3, 0.4) is 0 Å². The average Bonchev–Trinajstić information content (AvgIpc) is 2.59. The number of benzene rings is 2. The first-order chi connectivity index (χ1) is 12.1. The van der Waals surface area contributed by atoms with Gasteiger partial charge >= 0.3 is 0 Å². The summed E-state index contributed by atoms with van der Waals surface area (Å²) < 4.78 is 25.5. The molecule has 1 unspecified atom stereocenters. The Bertz CT molecular complexity index is 914. The van der Waals surface area contributed by atoms with Crippen LogP contribution in [0.4, 0.5) is 11.4 Å². The number of hydrogen-bond donors (Lipinski definition) is 2. The molecule has 1 amide bonds. The molecule has 0 saturated heterocycles. The summed E-state index contributed by atoms with van der Waals surface area (Å²) in [6.07, 6.45) is 0. The van der Waals surface area contributed by atoms with E-state index in [1.165, 1.54) is 26.2 Å². The summed E-state index contributed by atoms with van der Waals surface area (Å²) in [7, 11) is -0.646. The minimum atomic E-state index is -3.56. The van der Waals surface area contributed by atoms with E-state index in [2.05, 4.69) is 10.6 Å². The number of nitrogens with zero attached hydrogens (tertiary/aromatic N) is 1. The standard InChI is InChI=1S/C18H22ClN3O3S/c1-12-16(19)9-6-10-17(12)20-13(2)18(23)21-14-7-5-8-15(11-14)26(24,25)22(3)4/h5-11,13,20H,1-4H3,(H,21,23). The predicted octanol–water partition coefficient (Wildman–Crippen LogP) is 3.34. The number of carbonyl (C=O) groups is 1. The molecular formula is C18H22ClN3O3S. The third-order valence-corrected chi connectivity index (χ3v) is 6.13. The smallest absolute Gasteiger partial charge is 0.246 e. The van der Waals surface area contributed by atoms with Crippen molar-refractivity contribution in [2.45, 2.75) is 24.8 Å². The summed E-state index contributed by atoms with van der Waals surface area (Å²) >= 11 is 6.09. The van der Waals surface area contributed by atoms with Crippen LogP contribution in [-0.4, -0.2) is 38.8 Å². The molecule has 0 aliphatic rings. The van der Waals surface area contributed by atoms with Gasteiger partial charge in [-0.3, -0.25) is 4.79 Å². The van der Waals surface area contributed by atoms with Crippen molar-refractivity contribution in [2.75, 3.05) is 24.7 Å². The number of nitrogens with one attached hydrogen (secondary N) is 2. The molecule has 0 aromatic heterocycles. The molecule has 2 N–H and O–H groups in total. The molecule has 0 aliphatic heterocycles. The lowest BCUT2D eigenvalue weighted by molar-refractivity contribution is -0.116. The number of sulfonamides is 1. The highest BCUT2D eigenvalue weighted by atomic mass is 35.5. The molecule has 1 atom stereocenters. The Labute approximate surface area is 159 Å². The maximum Gasteiger partial charge on any atom is 0.246 e. The van der Waals surface area contributed by atoms with Gasteiger partial charge < -0.3 is 10.6 Å². The zero-order chi connectivity index (χ0) is 19.5. The van der Waals surface area contributed by atoms with Crippen LogP contribution in [0.25, 0.3) is 0 Å². The van der Waals surface area contributed by atoms with E-state index in [0.29, 0.717) is 10.7 Å². The summed E-state index contributed by atoms with van der Waals surface area (Å²) in [4.78, 5) is 12.6. The largest absolute Gasteiger partial charge is 0.374 e. The number of rotatable bonds is 6. The fourth-order valence-electron chi connectivity index (χ4n) is 2.26. The summed E-state index contributed by atoms with van der Waals surface area (Å²) in [5, 5.41) is 6.46. The third kappa shape index (κ3) is 4.55. The van der Waals surface area contributed by atoms with Crippen LogP contribution >= 0.6 is 11.6 Å². The second kappa shape index (κ2) is 8.07. The zero-order valence-electron chi connectivity index (χ0n) is 15.1. The quantitative estimate of drug-likeness (QED) is 0.786. The molecule has 8 heteroatoms. The molecule has 26 heavy (non-hydrogen) atoms. The molecule has 2 aromatic rings. The molecular weight excluding hydrogens is 374 g/mol. The van der Waals surface area contributed by atoms with E-state index in [1.807, 2.05) is 13.0 Å². The van der Waals surface area contributed by atoms with E-state index in [4.69, 9.17) is 11.6 Å². The number of anilines is 2. The van der Waals surface area contributed by atoms with Crippen LogP contribution in [-0.2, 0) is 14.8 Å². The van der Waals surface area contributed by atoms with E-state index in [9.17, 15) is 13.2 Å². The summed E-state index contributed by atoms with van der Waals surface area (Å²) in [6.45, 7) is 3.58. The Morgan fingerprint density at radius 1 is 1.15 bits per heavy atom. The summed E-state index contributed by atoms with van der Waals surface area (Å²) in [5.41, 5.74) is 2.03. The third-order valence-electron chi connectivity index (χ3n) is 3.91. The van der Waals surface area contributed by atoms with Crippen molar-refractivity contribution in [3.63, 3.8) is 0 Å². The highest BCUT2D eigenvalue weighted by molar-refractivity contribution is 7.89. The van der Waals surface area contributed by atoms with Crippen molar-refractivity contribution in [1.82, 2.24) is 4.31 Å². The van der Waals surface area contributed by atoms with Crippen molar-refractivity contribution in [1.29, 1.82) is 0 Å². The molecule has 0 fully saturated rings. The molecule has 0 heterocycles. The van der Waals surface area contributed by atoms with Crippen molar-refractivity contribution >= 4 is 38.9 Å². The van der Waals surface area contributed by atoms with Gasteiger partial charge in [0.25, 0.3) is 0 Å². The predicted molar refractivity (Wildman–Crippen MR) is 105 cm³/mol. The van der Waals surface area contributed by atoms with Gasteiger partial charge in [0.1, 0.15) is 6.04 Å². The van der Waals surface area contributed by atoms with Crippen molar-refractivity contribution in [2.24, 2.45) is 0 Å². The Balaban J connectivity index is 2.13. The number of carbonyl (C=O) groups excluding carboxylic acids is 1. The molecule has 2 aromatic carbocycles. The van der Waals surface area contributed by atoms with Crippen LogP contribution in [0.15, 0.2) is 47.4 Å². The topological polar surface area (TPSA) is 78.5 Å². The van der Waals surface area contributed by atoms with Crippen LogP contribution < -0.4 is 10.6 Å². The summed E-state index contributed by atoms with van der Waals surface area (Å²) in [6, 6.07) is 11.0. The van der Waals surface area contributed by atoms with Crippen LogP contribution in [0.1, 0.15) is 12.5 Å². The maximum absolute atomic E-state index is 12.4. The lowest BCUT2D eigenvalue weighted by Gasteiger charge is -2.18. The Morgan fingerprint density at radius 3 is 2.46 bits per heavy atom. The van der Waals surface area contributed by atoms with Gasteiger partial charge in [-0.15, -0.1) is 0 Å². The minimum Gasteiger partial charge on any atom is -0.374 e. The maximum atomic E-state index is 12.4. The number of hydrogen-bond acceptors (Lipinski definition) is 4. The number of amides is 1. The fraction of sp³-hybridized carbons (Fsp3) is 0.278. The first kappa shape index (κ1) is 20.2. The van der Waals surface area contributed by atoms with Crippen molar-refractivity contribution in [3.8, 4) is 0 Å². The molecule has 0 bridgehead atoms.